The number of carbonyl (C=O) groups excluding carboxylic acids is 1. The van der Waals surface area contributed by atoms with Crippen LogP contribution < -0.4 is 5.32 Å². The second-order valence-electron chi connectivity index (χ2n) is 6.59. The molecule has 1 amide bonds. The summed E-state index contributed by atoms with van der Waals surface area (Å²) in [4.78, 5) is 24.5. The van der Waals surface area contributed by atoms with E-state index in [1.807, 2.05) is 20.9 Å². The number of oxazole rings is 1. The summed E-state index contributed by atoms with van der Waals surface area (Å²) in [6, 6.07) is 2.02. The zero-order valence-corrected chi connectivity index (χ0v) is 16.5. The summed E-state index contributed by atoms with van der Waals surface area (Å²) < 4.78 is 7.97. The summed E-state index contributed by atoms with van der Waals surface area (Å²) in [6.45, 7) is 4.50. The van der Waals surface area contributed by atoms with Gasteiger partial charge >= 0.3 is 0 Å². The van der Waals surface area contributed by atoms with Gasteiger partial charge in [0.2, 0.25) is 5.89 Å². The minimum Gasteiger partial charge on any atom is -0.438 e. The summed E-state index contributed by atoms with van der Waals surface area (Å²) >= 11 is 1.48. The first-order chi connectivity index (χ1) is 12.8. The smallest absolute Gasteiger partial charge is 0.266 e. The van der Waals surface area contributed by atoms with Gasteiger partial charge in [0.1, 0.15) is 22.7 Å². The van der Waals surface area contributed by atoms with Crippen molar-refractivity contribution in [1.82, 2.24) is 24.8 Å². The largest absolute Gasteiger partial charge is 0.438 e. The predicted octanol–water partition coefficient (Wildman–Crippen LogP) is 3.41. The topological polar surface area (TPSA) is 76.2 Å². The normalized spacial score (nSPS) is 17.4. The fourth-order valence-electron chi connectivity index (χ4n) is 3.62. The Morgan fingerprint density at radius 1 is 1.41 bits per heavy atom. The van der Waals surface area contributed by atoms with Crippen molar-refractivity contribution in [2.24, 2.45) is 0 Å². The third-order valence-corrected chi connectivity index (χ3v) is 5.87. The van der Waals surface area contributed by atoms with Gasteiger partial charge in [-0.2, -0.15) is 0 Å². The fraction of sp³-hybridized carbons (Fsp3) is 0.389. The van der Waals surface area contributed by atoms with Crippen LogP contribution in [-0.4, -0.2) is 38.4 Å². The van der Waals surface area contributed by atoms with E-state index < -0.39 is 0 Å². The van der Waals surface area contributed by atoms with Gasteiger partial charge in [0, 0.05) is 6.54 Å². The molecule has 7 nitrogen and oxygen atoms in total. The maximum Gasteiger partial charge on any atom is 0.266 e. The lowest BCUT2D eigenvalue weighted by Gasteiger charge is -2.39. The van der Waals surface area contributed by atoms with E-state index >= 15 is 0 Å². The van der Waals surface area contributed by atoms with Crippen molar-refractivity contribution in [3.63, 3.8) is 0 Å². The Morgan fingerprint density at radius 3 is 3.07 bits per heavy atom. The number of hydrogen-bond acceptors (Lipinski definition) is 6. The molecule has 9 heteroatoms. The Bertz CT molecular complexity index is 978. The number of fused-ring (bicyclic) bond motifs is 5. The van der Waals surface area contributed by atoms with Crippen LogP contribution in [0.3, 0.4) is 0 Å². The third kappa shape index (κ3) is 2.79. The highest BCUT2D eigenvalue weighted by Gasteiger charge is 2.42. The van der Waals surface area contributed by atoms with E-state index in [4.69, 9.17) is 4.42 Å². The van der Waals surface area contributed by atoms with E-state index in [1.54, 1.807) is 12.5 Å². The molecule has 2 aliphatic heterocycles. The molecule has 0 aromatic carbocycles. The number of rotatable bonds is 5. The molecule has 1 atom stereocenters. The second kappa shape index (κ2) is 7.10. The Balaban J connectivity index is 0.00000180. The van der Waals surface area contributed by atoms with Crippen molar-refractivity contribution < 1.29 is 9.21 Å². The van der Waals surface area contributed by atoms with Gasteiger partial charge in [-0.1, -0.05) is 6.92 Å². The highest BCUT2D eigenvalue weighted by molar-refractivity contribution is 7.12. The molecule has 0 saturated carbocycles. The van der Waals surface area contributed by atoms with Crippen LogP contribution in [0.15, 0.2) is 28.4 Å². The van der Waals surface area contributed by atoms with E-state index in [0.29, 0.717) is 12.4 Å². The van der Waals surface area contributed by atoms with Gasteiger partial charge in [-0.15, -0.1) is 23.7 Å². The molecule has 1 fully saturated rings. The van der Waals surface area contributed by atoms with Crippen molar-refractivity contribution in [3.8, 4) is 17.3 Å². The number of aromatic nitrogens is 3. The number of nitrogens with zero attached hydrogens (tertiary/aromatic N) is 4. The predicted molar refractivity (Wildman–Crippen MR) is 105 cm³/mol. The molecule has 0 spiro atoms. The number of halogens is 1. The Labute approximate surface area is 166 Å². The van der Waals surface area contributed by atoms with Gasteiger partial charge in [-0.25, -0.2) is 9.97 Å². The molecule has 0 unspecified atom stereocenters. The van der Waals surface area contributed by atoms with E-state index in [9.17, 15) is 4.79 Å². The van der Waals surface area contributed by atoms with Gasteiger partial charge in [0.05, 0.1) is 30.2 Å². The van der Waals surface area contributed by atoms with Crippen LogP contribution in [0.4, 0.5) is 0 Å². The molecule has 5 rings (SSSR count). The first-order valence-electron chi connectivity index (χ1n) is 8.89. The molecule has 27 heavy (non-hydrogen) atoms. The van der Waals surface area contributed by atoms with Crippen LogP contribution in [0.5, 0.6) is 0 Å². The van der Waals surface area contributed by atoms with E-state index in [-0.39, 0.29) is 24.4 Å². The van der Waals surface area contributed by atoms with Gasteiger partial charge in [-0.3, -0.25) is 9.36 Å². The highest BCUT2D eigenvalue weighted by Crippen LogP contribution is 2.44. The lowest BCUT2D eigenvalue weighted by Crippen LogP contribution is -2.44. The van der Waals surface area contributed by atoms with Crippen LogP contribution in [-0.2, 0) is 6.54 Å². The van der Waals surface area contributed by atoms with E-state index in [2.05, 4.69) is 22.2 Å². The molecule has 0 bridgehead atoms. The van der Waals surface area contributed by atoms with Crippen LogP contribution in [0.1, 0.15) is 46.9 Å². The molecule has 0 radical (unpaired) electrons. The minimum absolute atomic E-state index is 0. The number of hydrogen-bond donors (Lipinski definition) is 1. The first-order valence-corrected chi connectivity index (χ1v) is 9.77. The van der Waals surface area contributed by atoms with Gasteiger partial charge < -0.3 is 14.6 Å². The van der Waals surface area contributed by atoms with Crippen LogP contribution >= 0.6 is 23.7 Å². The summed E-state index contributed by atoms with van der Waals surface area (Å²) in [5.74, 6) is 1.42. The van der Waals surface area contributed by atoms with Gasteiger partial charge in [-0.05, 0) is 30.8 Å². The van der Waals surface area contributed by atoms with Crippen molar-refractivity contribution in [1.29, 1.82) is 0 Å². The summed E-state index contributed by atoms with van der Waals surface area (Å²) in [5, 5.41) is 5.27. The Morgan fingerprint density at radius 2 is 2.30 bits per heavy atom. The third-order valence-electron chi connectivity index (χ3n) is 4.98. The van der Waals surface area contributed by atoms with Crippen molar-refractivity contribution in [2.45, 2.75) is 32.4 Å². The zero-order valence-electron chi connectivity index (χ0n) is 14.8. The molecule has 1 N–H and O–H groups in total. The molecule has 3 aromatic heterocycles. The SMILES string of the molecule is CCCNCc1cnc(-c2ncn3c2[C@@H]2CCN2C(=O)c2sccc2-3)o1.Cl. The average Bonchev–Trinajstić information content (AvgIpc) is 3.31. The number of carbonyl (C=O) groups is 1. The molecule has 1 saturated heterocycles. The maximum absolute atomic E-state index is 12.8. The van der Waals surface area contributed by atoms with Gasteiger partial charge in [0.15, 0.2) is 0 Å². The van der Waals surface area contributed by atoms with Crippen LogP contribution in [0.25, 0.3) is 17.3 Å². The molecular weight excluding hydrogens is 386 g/mol. The van der Waals surface area contributed by atoms with Crippen LogP contribution in [0, 0.1) is 0 Å². The molecule has 2 aliphatic rings. The average molecular weight is 406 g/mol. The number of thiophene rings is 1. The van der Waals surface area contributed by atoms with Crippen LogP contribution in [0.2, 0.25) is 0 Å². The lowest BCUT2D eigenvalue weighted by atomic mass is 9.98. The Kier molecular flexibility index (Phi) is 4.79. The fourth-order valence-corrected chi connectivity index (χ4v) is 4.46. The maximum atomic E-state index is 12.8. The Hall–Kier alpha value is -2.16. The van der Waals surface area contributed by atoms with Crippen molar-refractivity contribution >= 4 is 29.7 Å². The monoisotopic (exact) mass is 405 g/mol. The summed E-state index contributed by atoms with van der Waals surface area (Å²) in [5.41, 5.74) is 2.63. The van der Waals surface area contributed by atoms with Crippen molar-refractivity contribution in [2.75, 3.05) is 13.1 Å². The number of nitrogens with one attached hydrogen (secondary N) is 1. The van der Waals surface area contributed by atoms with E-state index in [1.165, 1.54) is 11.3 Å². The van der Waals surface area contributed by atoms with Gasteiger partial charge in [0.25, 0.3) is 5.91 Å². The standard InChI is InChI=1S/C18H19N5O2S.ClH/c1-2-5-19-8-11-9-20-17(25-11)14-15-12-3-6-22(12)18(24)16-13(4-7-26-16)23(15)10-21-14;/h4,7,9-10,12,19H,2-3,5-6,8H2,1H3;1H/t12-;/m0./s1. The lowest BCUT2D eigenvalue weighted by molar-refractivity contribution is 0.0466. The molecule has 0 aliphatic carbocycles. The molecule has 5 heterocycles. The quantitative estimate of drug-likeness (QED) is 0.658. The molecular formula is C18H20ClN5O2S. The number of amides is 1. The minimum atomic E-state index is 0. The molecule has 3 aromatic rings. The van der Waals surface area contributed by atoms with E-state index in [0.717, 1.165) is 53.6 Å². The zero-order chi connectivity index (χ0) is 17.7. The molecule has 142 valence electrons. The number of imidazole rings is 1. The highest BCUT2D eigenvalue weighted by atomic mass is 35.5. The second-order valence-corrected chi connectivity index (χ2v) is 7.51. The summed E-state index contributed by atoms with van der Waals surface area (Å²) in [6.07, 6.45) is 5.54. The first kappa shape index (κ1) is 18.2. The summed E-state index contributed by atoms with van der Waals surface area (Å²) in [7, 11) is 0. The van der Waals surface area contributed by atoms with Crippen molar-refractivity contribution in [3.05, 3.63) is 40.3 Å².